The molecule has 3 fully saturated rings. The molecule has 4 N–H and O–H groups in total. The molecule has 202 valence electrons. The van der Waals surface area contributed by atoms with Crippen LogP contribution < -0.4 is 0 Å². The smallest absolute Gasteiger partial charge is 0.339 e. The number of fused-ring (bicyclic) bond motifs is 1. The topological polar surface area (TPSA) is 115 Å². The Bertz CT molecular complexity index is 984. The van der Waals surface area contributed by atoms with Crippen LogP contribution in [0.15, 0.2) is 47.6 Å². The van der Waals surface area contributed by atoms with Gasteiger partial charge in [0.2, 0.25) is 0 Å². The lowest BCUT2D eigenvalue weighted by Crippen LogP contribution is -2.37. The SMILES string of the molecule is C=C1C(=CC=C2CCC[C@@]3(C)C2CC[C@@H]3[C@H](C)C=CC(=O)C(CC)(CC)P(=O)(O)O)C[C@@H](O)C[C@@H]1O. The maximum atomic E-state index is 13.0. The zero-order chi connectivity index (χ0) is 26.9. The maximum Gasteiger partial charge on any atom is 0.339 e. The highest BCUT2D eigenvalue weighted by atomic mass is 31.2. The first-order chi connectivity index (χ1) is 16.8. The van der Waals surface area contributed by atoms with Crippen LogP contribution in [0.3, 0.4) is 0 Å². The first kappa shape index (κ1) is 29.3. The summed E-state index contributed by atoms with van der Waals surface area (Å²) < 4.78 is 12.2. The summed E-state index contributed by atoms with van der Waals surface area (Å²) in [5.74, 6) is 0.462. The number of aliphatic hydroxyl groups excluding tert-OH is 2. The van der Waals surface area contributed by atoms with Crippen LogP contribution >= 0.6 is 7.60 Å². The molecule has 1 unspecified atom stereocenters. The van der Waals surface area contributed by atoms with Crippen molar-refractivity contribution in [3.05, 3.63) is 47.6 Å². The van der Waals surface area contributed by atoms with E-state index in [1.165, 1.54) is 11.6 Å². The molecule has 0 aromatic rings. The van der Waals surface area contributed by atoms with Gasteiger partial charge >= 0.3 is 7.60 Å². The average Bonchev–Trinajstić information content (AvgIpc) is 3.16. The summed E-state index contributed by atoms with van der Waals surface area (Å²) in [6, 6.07) is 0. The van der Waals surface area contributed by atoms with Crippen molar-refractivity contribution >= 4 is 13.4 Å². The highest BCUT2D eigenvalue weighted by molar-refractivity contribution is 7.54. The first-order valence-electron chi connectivity index (χ1n) is 13.5. The summed E-state index contributed by atoms with van der Waals surface area (Å²) in [5.41, 5.74) is 3.12. The Hall–Kier alpha value is -1.30. The van der Waals surface area contributed by atoms with E-state index < -0.39 is 30.7 Å². The molecule has 0 amide bonds. The van der Waals surface area contributed by atoms with E-state index in [0.717, 1.165) is 37.7 Å². The fourth-order valence-electron chi connectivity index (χ4n) is 7.29. The van der Waals surface area contributed by atoms with Crippen molar-refractivity contribution in [2.75, 3.05) is 0 Å². The van der Waals surface area contributed by atoms with Crippen LogP contribution in [-0.2, 0) is 9.36 Å². The average molecular weight is 521 g/mol. The van der Waals surface area contributed by atoms with Crippen LogP contribution in [0.25, 0.3) is 0 Å². The van der Waals surface area contributed by atoms with Gasteiger partial charge in [0.15, 0.2) is 5.78 Å². The molecule has 3 rings (SSSR count). The van der Waals surface area contributed by atoms with Crippen molar-refractivity contribution in [1.82, 2.24) is 0 Å². The summed E-state index contributed by atoms with van der Waals surface area (Å²) in [7, 11) is -4.58. The van der Waals surface area contributed by atoms with Gasteiger partial charge in [0, 0.05) is 6.42 Å². The van der Waals surface area contributed by atoms with E-state index in [4.69, 9.17) is 0 Å². The largest absolute Gasteiger partial charge is 0.393 e. The van der Waals surface area contributed by atoms with Gasteiger partial charge in [-0.05, 0) is 91.8 Å². The summed E-state index contributed by atoms with van der Waals surface area (Å²) in [5, 5.41) is 18.6. The standard InChI is InChI=1S/C29H45O6P/c1-6-29(7-2,36(33,34)35)27(32)15-10-19(3)24-13-14-25-21(9-8-16-28(24,25)5)11-12-22-17-23(30)18-26(31)20(22)4/h10-12,15,19,23-26,30-31H,4,6-9,13-14,16-18H2,1-3,5H3,(H2,33,34,35)/t19-,23-,24-,25?,26+,28-/m1/s1. The van der Waals surface area contributed by atoms with Crippen LogP contribution in [-0.4, -0.2) is 43.1 Å². The van der Waals surface area contributed by atoms with E-state index in [2.05, 4.69) is 26.5 Å². The van der Waals surface area contributed by atoms with E-state index >= 15 is 0 Å². The number of aliphatic hydroxyl groups is 2. The highest BCUT2D eigenvalue weighted by Crippen LogP contribution is 2.60. The van der Waals surface area contributed by atoms with Gasteiger partial charge in [-0.2, -0.15) is 0 Å². The summed E-state index contributed by atoms with van der Waals surface area (Å²) >= 11 is 0. The van der Waals surface area contributed by atoms with E-state index in [-0.39, 0.29) is 24.2 Å². The van der Waals surface area contributed by atoms with E-state index in [0.29, 0.717) is 30.3 Å². The van der Waals surface area contributed by atoms with E-state index in [1.807, 2.05) is 12.2 Å². The van der Waals surface area contributed by atoms with Crippen molar-refractivity contribution in [1.29, 1.82) is 0 Å². The van der Waals surface area contributed by atoms with Crippen LogP contribution in [0, 0.1) is 23.2 Å². The predicted molar refractivity (Wildman–Crippen MR) is 143 cm³/mol. The Kier molecular flexibility index (Phi) is 9.11. The molecule has 7 heteroatoms. The second-order valence-corrected chi connectivity index (χ2v) is 13.5. The van der Waals surface area contributed by atoms with Gasteiger partial charge < -0.3 is 20.0 Å². The van der Waals surface area contributed by atoms with Crippen molar-refractivity contribution in [2.24, 2.45) is 23.2 Å². The number of carbonyl (C=O) groups is 1. The number of rotatable bonds is 8. The number of ketones is 1. The minimum atomic E-state index is -4.58. The van der Waals surface area contributed by atoms with Gasteiger partial charge in [-0.25, -0.2) is 0 Å². The Labute approximate surface area is 216 Å². The molecule has 3 saturated carbocycles. The molecule has 0 saturated heterocycles. The summed E-state index contributed by atoms with van der Waals surface area (Å²) in [6.07, 6.45) is 12.8. The van der Waals surface area contributed by atoms with Crippen molar-refractivity contribution < 1.29 is 29.4 Å². The summed E-state index contributed by atoms with van der Waals surface area (Å²) in [6.45, 7) is 11.8. The molecule has 0 spiro atoms. The molecular weight excluding hydrogens is 475 g/mol. The van der Waals surface area contributed by atoms with Gasteiger partial charge in [0.05, 0.1) is 12.2 Å². The van der Waals surface area contributed by atoms with Gasteiger partial charge in [0.25, 0.3) is 0 Å². The molecule has 0 bridgehead atoms. The third kappa shape index (κ3) is 5.44. The first-order valence-corrected chi connectivity index (χ1v) is 15.1. The second kappa shape index (κ2) is 11.2. The van der Waals surface area contributed by atoms with Gasteiger partial charge in [-0.1, -0.05) is 58.1 Å². The minimum Gasteiger partial charge on any atom is -0.393 e. The molecule has 3 aliphatic carbocycles. The molecule has 0 aliphatic heterocycles. The number of hydrogen-bond acceptors (Lipinski definition) is 4. The molecular formula is C29H45O6P. The maximum absolute atomic E-state index is 13.0. The lowest BCUT2D eigenvalue weighted by molar-refractivity contribution is -0.117. The Morgan fingerprint density at radius 1 is 1.22 bits per heavy atom. The van der Waals surface area contributed by atoms with Gasteiger partial charge in [-0.3, -0.25) is 9.36 Å². The number of carbonyl (C=O) groups excluding carboxylic acids is 1. The monoisotopic (exact) mass is 520 g/mol. The fraction of sp³-hybridized carbons (Fsp3) is 0.690. The number of hydrogen-bond donors (Lipinski definition) is 4. The third-order valence-electron chi connectivity index (χ3n) is 9.67. The lowest BCUT2D eigenvalue weighted by atomic mass is 9.61. The molecule has 0 aromatic carbocycles. The molecule has 3 aliphatic rings. The Morgan fingerprint density at radius 3 is 2.50 bits per heavy atom. The van der Waals surface area contributed by atoms with Crippen LogP contribution in [0.1, 0.15) is 85.5 Å². The van der Waals surface area contributed by atoms with Crippen LogP contribution in [0.5, 0.6) is 0 Å². The van der Waals surface area contributed by atoms with Crippen molar-refractivity contribution in [2.45, 2.75) is 103 Å². The quantitative estimate of drug-likeness (QED) is 0.244. The molecule has 36 heavy (non-hydrogen) atoms. The van der Waals surface area contributed by atoms with Gasteiger partial charge in [0.1, 0.15) is 5.16 Å². The predicted octanol–water partition coefficient (Wildman–Crippen LogP) is 5.63. The summed E-state index contributed by atoms with van der Waals surface area (Å²) in [4.78, 5) is 32.8. The molecule has 0 aromatic heterocycles. The van der Waals surface area contributed by atoms with Crippen molar-refractivity contribution in [3.8, 4) is 0 Å². The van der Waals surface area contributed by atoms with E-state index in [1.54, 1.807) is 13.8 Å². The Morgan fingerprint density at radius 2 is 1.89 bits per heavy atom. The lowest BCUT2D eigenvalue weighted by Gasteiger charge is -2.44. The van der Waals surface area contributed by atoms with Crippen LogP contribution in [0.4, 0.5) is 0 Å². The Balaban J connectivity index is 1.79. The minimum absolute atomic E-state index is 0.0911. The molecule has 6 nitrogen and oxygen atoms in total. The van der Waals surface area contributed by atoms with Crippen molar-refractivity contribution in [3.63, 3.8) is 0 Å². The number of allylic oxidation sites excluding steroid dienone is 5. The second-order valence-electron chi connectivity index (χ2n) is 11.5. The third-order valence-corrected chi connectivity index (χ3v) is 11.6. The molecule has 0 heterocycles. The molecule has 0 radical (unpaired) electrons. The fourth-order valence-corrected chi connectivity index (χ4v) is 8.48. The highest BCUT2D eigenvalue weighted by Gasteiger charge is 2.51. The van der Waals surface area contributed by atoms with Crippen LogP contribution in [0.2, 0.25) is 0 Å². The normalized spacial score (nSPS) is 34.9. The van der Waals surface area contributed by atoms with E-state index in [9.17, 15) is 29.4 Å². The zero-order valence-electron chi connectivity index (χ0n) is 22.3. The van der Waals surface area contributed by atoms with Gasteiger partial charge in [-0.15, -0.1) is 0 Å². The zero-order valence-corrected chi connectivity index (χ0v) is 23.2. The molecule has 6 atom stereocenters.